The molecule has 2 aromatic rings. The van der Waals surface area contributed by atoms with E-state index in [4.69, 9.17) is 4.42 Å². The van der Waals surface area contributed by atoms with Gasteiger partial charge in [0.2, 0.25) is 0 Å². The van der Waals surface area contributed by atoms with Crippen molar-refractivity contribution >= 4 is 5.91 Å². The summed E-state index contributed by atoms with van der Waals surface area (Å²) in [6.07, 6.45) is 5.52. The minimum Gasteiger partial charge on any atom is -0.463 e. The van der Waals surface area contributed by atoms with Crippen LogP contribution in [0.3, 0.4) is 0 Å². The van der Waals surface area contributed by atoms with Gasteiger partial charge < -0.3 is 14.6 Å². The maximum absolute atomic E-state index is 12.5. The van der Waals surface area contributed by atoms with Crippen LogP contribution in [-0.4, -0.2) is 25.5 Å². The Morgan fingerprint density at radius 2 is 1.96 bits per heavy atom. The van der Waals surface area contributed by atoms with Crippen LogP contribution in [0.15, 0.2) is 47.1 Å². The molecule has 0 unspecified atom stereocenters. The van der Waals surface area contributed by atoms with E-state index in [9.17, 15) is 4.79 Å². The average molecular weight is 313 g/mol. The Balaban J connectivity index is 1.69. The highest BCUT2D eigenvalue weighted by molar-refractivity contribution is 5.95. The summed E-state index contributed by atoms with van der Waals surface area (Å²) < 4.78 is 5.64. The number of hydrogen-bond donors (Lipinski definition) is 2. The third-order valence-corrected chi connectivity index (χ3v) is 4.73. The Morgan fingerprint density at radius 1 is 1.17 bits per heavy atom. The fraction of sp³-hybridized carbons (Fsp3) is 0.421. The van der Waals surface area contributed by atoms with Gasteiger partial charge in [-0.05, 0) is 49.9 Å². The summed E-state index contributed by atoms with van der Waals surface area (Å²) in [6.45, 7) is 4.86. The lowest BCUT2D eigenvalue weighted by molar-refractivity contribution is -0.936. The molecule has 122 valence electrons. The summed E-state index contributed by atoms with van der Waals surface area (Å²) in [7, 11) is 0. The van der Waals surface area contributed by atoms with E-state index in [0.717, 1.165) is 30.0 Å². The highest BCUT2D eigenvalue weighted by Gasteiger charge is 2.28. The number of carbonyl (C=O) groups is 1. The standard InChI is InChI=1S/C19H24N2O2/c1-15-8-3-4-9-16(15)19(22)20-14-17(18-10-7-13-23-18)21-11-5-2-6-12-21/h3-4,7-10,13,17H,2,5-6,11-12,14H2,1H3,(H,20,22)/p+1/t17-/m0/s1. The first-order valence-corrected chi connectivity index (χ1v) is 8.47. The average Bonchev–Trinajstić information content (AvgIpc) is 3.10. The van der Waals surface area contributed by atoms with Gasteiger partial charge in [-0.15, -0.1) is 0 Å². The number of rotatable bonds is 5. The van der Waals surface area contributed by atoms with E-state index >= 15 is 0 Å². The van der Waals surface area contributed by atoms with Gasteiger partial charge in [-0.2, -0.15) is 0 Å². The molecule has 23 heavy (non-hydrogen) atoms. The lowest BCUT2D eigenvalue weighted by Gasteiger charge is -2.30. The molecular formula is C19H25N2O2+. The fourth-order valence-electron chi connectivity index (χ4n) is 3.41. The molecule has 1 saturated heterocycles. The fourth-order valence-corrected chi connectivity index (χ4v) is 3.41. The Labute approximate surface area is 137 Å². The number of hydrogen-bond acceptors (Lipinski definition) is 2. The minimum absolute atomic E-state index is 0.00364. The second-order valence-electron chi connectivity index (χ2n) is 6.31. The summed E-state index contributed by atoms with van der Waals surface area (Å²) in [5.41, 5.74) is 1.75. The lowest BCUT2D eigenvalue weighted by atomic mass is 10.1. The van der Waals surface area contributed by atoms with Crippen LogP contribution in [0.25, 0.3) is 0 Å². The van der Waals surface area contributed by atoms with Gasteiger partial charge in [0.15, 0.2) is 11.8 Å². The molecule has 0 radical (unpaired) electrons. The van der Waals surface area contributed by atoms with Crippen LogP contribution >= 0.6 is 0 Å². The Morgan fingerprint density at radius 3 is 2.65 bits per heavy atom. The third kappa shape index (κ3) is 3.82. The molecule has 1 atom stereocenters. The van der Waals surface area contributed by atoms with E-state index in [1.165, 1.54) is 24.2 Å². The topological polar surface area (TPSA) is 46.7 Å². The summed E-state index contributed by atoms with van der Waals surface area (Å²) in [5.74, 6) is 0.961. The smallest absolute Gasteiger partial charge is 0.251 e. The van der Waals surface area contributed by atoms with E-state index < -0.39 is 0 Å². The van der Waals surface area contributed by atoms with Crippen molar-refractivity contribution in [2.24, 2.45) is 0 Å². The first kappa shape index (κ1) is 15.8. The molecule has 1 aromatic carbocycles. The quantitative estimate of drug-likeness (QED) is 0.888. The summed E-state index contributed by atoms with van der Waals surface area (Å²) in [5, 5.41) is 3.11. The predicted octanol–water partition coefficient (Wildman–Crippen LogP) is 2.13. The monoisotopic (exact) mass is 313 g/mol. The van der Waals surface area contributed by atoms with Gasteiger partial charge in [0.25, 0.3) is 5.91 Å². The number of furan rings is 1. The first-order chi connectivity index (χ1) is 11.3. The van der Waals surface area contributed by atoms with E-state index in [2.05, 4.69) is 5.32 Å². The van der Waals surface area contributed by atoms with Crippen LogP contribution in [-0.2, 0) is 0 Å². The normalized spacial score (nSPS) is 16.9. The molecule has 4 heteroatoms. The molecule has 1 aliphatic rings. The number of piperidine rings is 1. The van der Waals surface area contributed by atoms with Gasteiger partial charge in [-0.3, -0.25) is 4.79 Å². The molecular weight excluding hydrogens is 288 g/mol. The summed E-state index contributed by atoms with van der Waals surface area (Å²) in [4.78, 5) is 14.0. The van der Waals surface area contributed by atoms with Crippen LogP contribution in [0.4, 0.5) is 0 Å². The third-order valence-electron chi connectivity index (χ3n) is 4.73. The largest absolute Gasteiger partial charge is 0.463 e. The number of nitrogens with one attached hydrogen (secondary N) is 2. The zero-order chi connectivity index (χ0) is 16.1. The van der Waals surface area contributed by atoms with Gasteiger partial charge in [0.1, 0.15) is 0 Å². The summed E-state index contributed by atoms with van der Waals surface area (Å²) in [6, 6.07) is 11.8. The second kappa shape index (κ2) is 7.47. The first-order valence-electron chi connectivity index (χ1n) is 8.47. The number of benzene rings is 1. The van der Waals surface area contributed by atoms with Crippen LogP contribution in [0, 0.1) is 6.92 Å². The maximum Gasteiger partial charge on any atom is 0.251 e. The van der Waals surface area contributed by atoms with Crippen LogP contribution in [0.5, 0.6) is 0 Å². The van der Waals surface area contributed by atoms with E-state index in [1.807, 2.05) is 43.3 Å². The molecule has 2 heterocycles. The van der Waals surface area contributed by atoms with Crippen molar-refractivity contribution in [3.05, 3.63) is 59.5 Å². The highest BCUT2D eigenvalue weighted by Crippen LogP contribution is 2.12. The van der Waals surface area contributed by atoms with Crippen molar-refractivity contribution in [2.45, 2.75) is 32.2 Å². The van der Waals surface area contributed by atoms with Crippen LogP contribution in [0.2, 0.25) is 0 Å². The van der Waals surface area contributed by atoms with Crippen molar-refractivity contribution in [1.82, 2.24) is 5.32 Å². The molecule has 1 fully saturated rings. The van der Waals surface area contributed by atoms with Gasteiger partial charge in [-0.25, -0.2) is 0 Å². The highest BCUT2D eigenvalue weighted by atomic mass is 16.3. The van der Waals surface area contributed by atoms with E-state index in [1.54, 1.807) is 6.26 Å². The molecule has 1 aliphatic heterocycles. The molecule has 3 rings (SSSR count). The lowest BCUT2D eigenvalue weighted by Crippen LogP contribution is -3.13. The predicted molar refractivity (Wildman–Crippen MR) is 89.5 cm³/mol. The Kier molecular flexibility index (Phi) is 5.13. The number of quaternary nitrogens is 1. The second-order valence-corrected chi connectivity index (χ2v) is 6.31. The van der Waals surface area contributed by atoms with Gasteiger partial charge in [0.05, 0.1) is 25.9 Å². The zero-order valence-corrected chi connectivity index (χ0v) is 13.7. The Hall–Kier alpha value is -2.07. The SMILES string of the molecule is Cc1ccccc1C(=O)NC[C@@H](c1ccco1)[NH+]1CCCCC1. The molecule has 1 aromatic heterocycles. The van der Waals surface area contributed by atoms with Crippen molar-refractivity contribution in [1.29, 1.82) is 0 Å². The molecule has 2 N–H and O–H groups in total. The van der Waals surface area contributed by atoms with E-state index in [-0.39, 0.29) is 11.9 Å². The zero-order valence-electron chi connectivity index (χ0n) is 13.7. The number of carbonyl (C=O) groups excluding carboxylic acids is 1. The van der Waals surface area contributed by atoms with Crippen LogP contribution in [0.1, 0.15) is 47.0 Å². The van der Waals surface area contributed by atoms with Gasteiger partial charge in [-0.1, -0.05) is 18.2 Å². The molecule has 4 nitrogen and oxygen atoms in total. The molecule has 0 spiro atoms. The molecule has 0 bridgehead atoms. The minimum atomic E-state index is -0.00364. The number of likely N-dealkylation sites (tertiary alicyclic amines) is 1. The molecule has 1 amide bonds. The molecule has 0 aliphatic carbocycles. The van der Waals surface area contributed by atoms with Crippen LogP contribution < -0.4 is 10.2 Å². The van der Waals surface area contributed by atoms with Gasteiger partial charge >= 0.3 is 0 Å². The van der Waals surface area contributed by atoms with Gasteiger partial charge in [0, 0.05) is 5.56 Å². The molecule has 0 saturated carbocycles. The van der Waals surface area contributed by atoms with E-state index in [0.29, 0.717) is 6.54 Å². The Bertz CT molecular complexity index is 631. The van der Waals surface area contributed by atoms with Crippen molar-refractivity contribution in [3.63, 3.8) is 0 Å². The summed E-state index contributed by atoms with van der Waals surface area (Å²) >= 11 is 0. The van der Waals surface area contributed by atoms with Crippen molar-refractivity contribution in [3.8, 4) is 0 Å². The van der Waals surface area contributed by atoms with Crippen molar-refractivity contribution in [2.75, 3.05) is 19.6 Å². The maximum atomic E-state index is 12.5. The number of aryl methyl sites for hydroxylation is 1. The number of amides is 1. The van der Waals surface area contributed by atoms with Crippen molar-refractivity contribution < 1.29 is 14.1 Å².